The lowest BCUT2D eigenvalue weighted by Crippen LogP contribution is -2.10. The molecule has 0 fully saturated rings. The lowest BCUT2D eigenvalue weighted by Gasteiger charge is -2.04. The maximum absolute atomic E-state index is 11.4. The quantitative estimate of drug-likeness (QED) is 0.540. The third kappa shape index (κ3) is 2.02. The summed E-state index contributed by atoms with van der Waals surface area (Å²) < 4.78 is 6.55. The number of esters is 1. The Morgan fingerprint density at radius 1 is 1.57 bits per heavy atom. The van der Waals surface area contributed by atoms with E-state index in [1.807, 2.05) is 6.92 Å². The first kappa shape index (κ1) is 10.5. The van der Waals surface area contributed by atoms with E-state index in [1.54, 1.807) is 17.7 Å². The van der Waals surface area contributed by atoms with Gasteiger partial charge in [-0.2, -0.15) is 0 Å². The molecule has 0 bridgehead atoms. The van der Waals surface area contributed by atoms with E-state index < -0.39 is 0 Å². The first-order valence-electron chi connectivity index (χ1n) is 4.55. The Morgan fingerprint density at radius 2 is 2.29 bits per heavy atom. The average molecular weight is 195 g/mol. The van der Waals surface area contributed by atoms with Crippen molar-refractivity contribution in [2.45, 2.75) is 20.4 Å². The summed E-state index contributed by atoms with van der Waals surface area (Å²) in [6, 6.07) is 1.54. The lowest BCUT2D eigenvalue weighted by atomic mass is 10.3. The number of aryl methyl sites for hydroxylation is 1. The number of nitrogens with zero attached hydrogens (tertiary/aromatic N) is 1. The van der Waals surface area contributed by atoms with E-state index in [4.69, 9.17) is 4.74 Å². The van der Waals surface area contributed by atoms with Crippen LogP contribution in [0.15, 0.2) is 12.3 Å². The molecular formula is C10H13NO3. The summed E-state index contributed by atoms with van der Waals surface area (Å²) in [7, 11) is 0. The number of hydrogen-bond donors (Lipinski definition) is 0. The molecule has 0 N–H and O–H groups in total. The molecule has 0 saturated carbocycles. The number of aromatic nitrogens is 1. The van der Waals surface area contributed by atoms with E-state index in [2.05, 4.69) is 0 Å². The number of aldehydes is 1. The van der Waals surface area contributed by atoms with Gasteiger partial charge in [0, 0.05) is 18.3 Å². The Labute approximate surface area is 82.5 Å². The molecule has 0 atom stereocenters. The summed E-state index contributed by atoms with van der Waals surface area (Å²) >= 11 is 0. The molecule has 0 unspecified atom stereocenters. The van der Waals surface area contributed by atoms with Crippen LogP contribution in [-0.2, 0) is 11.3 Å². The molecule has 0 amide bonds. The van der Waals surface area contributed by atoms with E-state index in [0.717, 1.165) is 6.29 Å². The predicted molar refractivity (Wildman–Crippen MR) is 51.5 cm³/mol. The average Bonchev–Trinajstić information content (AvgIpc) is 2.61. The van der Waals surface area contributed by atoms with Crippen molar-refractivity contribution in [3.63, 3.8) is 0 Å². The van der Waals surface area contributed by atoms with Gasteiger partial charge < -0.3 is 9.30 Å². The van der Waals surface area contributed by atoms with Gasteiger partial charge in [0.15, 0.2) is 6.29 Å². The second kappa shape index (κ2) is 4.60. The highest BCUT2D eigenvalue weighted by Gasteiger charge is 2.13. The second-order valence-electron chi connectivity index (χ2n) is 2.78. The third-order valence-electron chi connectivity index (χ3n) is 1.88. The van der Waals surface area contributed by atoms with E-state index in [0.29, 0.717) is 24.4 Å². The van der Waals surface area contributed by atoms with Gasteiger partial charge in [-0.15, -0.1) is 0 Å². The Hall–Kier alpha value is -1.58. The zero-order valence-electron chi connectivity index (χ0n) is 8.32. The molecule has 0 spiro atoms. The molecule has 1 rings (SSSR count). The summed E-state index contributed by atoms with van der Waals surface area (Å²) in [4.78, 5) is 21.9. The summed E-state index contributed by atoms with van der Waals surface area (Å²) in [6.07, 6.45) is 2.36. The van der Waals surface area contributed by atoms with Crippen LogP contribution in [0.2, 0.25) is 0 Å². The minimum absolute atomic E-state index is 0.337. The molecular weight excluding hydrogens is 182 g/mol. The molecule has 4 heteroatoms. The molecule has 0 aromatic carbocycles. The molecule has 0 radical (unpaired) electrons. The van der Waals surface area contributed by atoms with Crippen molar-refractivity contribution in [1.29, 1.82) is 0 Å². The molecule has 0 aliphatic rings. The van der Waals surface area contributed by atoms with Gasteiger partial charge in [-0.3, -0.25) is 4.79 Å². The standard InChI is InChI=1S/C10H13NO3/c1-3-11-6-8(7-12)5-9(11)10(13)14-4-2/h5-7H,3-4H2,1-2H3. The van der Waals surface area contributed by atoms with Crippen LogP contribution in [0, 0.1) is 0 Å². The van der Waals surface area contributed by atoms with Crippen molar-refractivity contribution in [3.8, 4) is 0 Å². The molecule has 0 saturated heterocycles. The minimum atomic E-state index is -0.387. The van der Waals surface area contributed by atoms with Gasteiger partial charge >= 0.3 is 5.97 Å². The van der Waals surface area contributed by atoms with E-state index >= 15 is 0 Å². The SMILES string of the molecule is CCOC(=O)c1cc(C=O)cn1CC. The van der Waals surface area contributed by atoms with E-state index in [-0.39, 0.29) is 5.97 Å². The van der Waals surface area contributed by atoms with Crippen LogP contribution in [0.4, 0.5) is 0 Å². The largest absolute Gasteiger partial charge is 0.461 e. The van der Waals surface area contributed by atoms with Crippen LogP contribution in [0.1, 0.15) is 34.7 Å². The van der Waals surface area contributed by atoms with Crippen LogP contribution in [0.5, 0.6) is 0 Å². The first-order valence-corrected chi connectivity index (χ1v) is 4.55. The van der Waals surface area contributed by atoms with Gasteiger partial charge in [-0.1, -0.05) is 0 Å². The fraction of sp³-hybridized carbons (Fsp3) is 0.400. The molecule has 76 valence electrons. The Balaban J connectivity index is 2.99. The van der Waals surface area contributed by atoms with Crippen molar-refractivity contribution < 1.29 is 14.3 Å². The van der Waals surface area contributed by atoms with Crippen molar-refractivity contribution in [3.05, 3.63) is 23.5 Å². The fourth-order valence-electron chi connectivity index (χ4n) is 1.23. The molecule has 14 heavy (non-hydrogen) atoms. The number of ether oxygens (including phenoxy) is 1. The normalized spacial score (nSPS) is 9.86. The van der Waals surface area contributed by atoms with E-state index in [9.17, 15) is 9.59 Å². The molecule has 1 heterocycles. The Kier molecular flexibility index (Phi) is 3.45. The van der Waals surface area contributed by atoms with Gasteiger partial charge in [0.2, 0.25) is 0 Å². The van der Waals surface area contributed by atoms with E-state index in [1.165, 1.54) is 6.07 Å². The van der Waals surface area contributed by atoms with Crippen LogP contribution in [-0.4, -0.2) is 23.4 Å². The van der Waals surface area contributed by atoms with Gasteiger partial charge in [0.25, 0.3) is 0 Å². The fourth-order valence-corrected chi connectivity index (χ4v) is 1.23. The van der Waals surface area contributed by atoms with Gasteiger partial charge in [0.1, 0.15) is 5.69 Å². The topological polar surface area (TPSA) is 48.3 Å². The van der Waals surface area contributed by atoms with Gasteiger partial charge in [-0.05, 0) is 19.9 Å². The maximum Gasteiger partial charge on any atom is 0.354 e. The monoisotopic (exact) mass is 195 g/mol. The van der Waals surface area contributed by atoms with Crippen molar-refractivity contribution in [1.82, 2.24) is 4.57 Å². The van der Waals surface area contributed by atoms with Crippen LogP contribution >= 0.6 is 0 Å². The number of rotatable bonds is 4. The Morgan fingerprint density at radius 3 is 2.79 bits per heavy atom. The minimum Gasteiger partial charge on any atom is -0.461 e. The smallest absolute Gasteiger partial charge is 0.354 e. The number of hydrogen-bond acceptors (Lipinski definition) is 3. The number of carbonyl (C=O) groups excluding carboxylic acids is 2. The summed E-state index contributed by atoms with van der Waals surface area (Å²) in [5.74, 6) is -0.387. The summed E-state index contributed by atoms with van der Waals surface area (Å²) in [6.45, 7) is 4.63. The molecule has 4 nitrogen and oxygen atoms in total. The zero-order chi connectivity index (χ0) is 10.6. The highest BCUT2D eigenvalue weighted by atomic mass is 16.5. The van der Waals surface area contributed by atoms with Gasteiger partial charge in [-0.25, -0.2) is 4.79 Å². The first-order chi connectivity index (χ1) is 6.72. The van der Waals surface area contributed by atoms with Crippen molar-refractivity contribution in [2.24, 2.45) is 0 Å². The molecule has 1 aromatic heterocycles. The summed E-state index contributed by atoms with van der Waals surface area (Å²) in [5.41, 5.74) is 0.923. The van der Waals surface area contributed by atoms with Gasteiger partial charge in [0.05, 0.1) is 6.61 Å². The Bertz CT molecular complexity index is 341. The summed E-state index contributed by atoms with van der Waals surface area (Å²) in [5, 5.41) is 0. The molecule has 0 aliphatic heterocycles. The van der Waals surface area contributed by atoms with Crippen LogP contribution in [0.3, 0.4) is 0 Å². The van der Waals surface area contributed by atoms with Crippen molar-refractivity contribution in [2.75, 3.05) is 6.61 Å². The zero-order valence-corrected chi connectivity index (χ0v) is 8.32. The maximum atomic E-state index is 11.4. The second-order valence-corrected chi connectivity index (χ2v) is 2.78. The highest BCUT2D eigenvalue weighted by molar-refractivity contribution is 5.90. The van der Waals surface area contributed by atoms with Crippen LogP contribution < -0.4 is 0 Å². The molecule has 1 aromatic rings. The highest BCUT2D eigenvalue weighted by Crippen LogP contribution is 2.08. The number of carbonyl (C=O) groups is 2. The van der Waals surface area contributed by atoms with Crippen LogP contribution in [0.25, 0.3) is 0 Å². The van der Waals surface area contributed by atoms with Crippen molar-refractivity contribution >= 4 is 12.3 Å². The predicted octanol–water partition coefficient (Wildman–Crippen LogP) is 1.50. The lowest BCUT2D eigenvalue weighted by molar-refractivity contribution is 0.0514. The molecule has 0 aliphatic carbocycles. The third-order valence-corrected chi connectivity index (χ3v) is 1.88.